The van der Waals surface area contributed by atoms with E-state index in [0.29, 0.717) is 30.6 Å². The molecular formula is C15H18N4O2. The summed E-state index contributed by atoms with van der Waals surface area (Å²) < 4.78 is 5.17. The van der Waals surface area contributed by atoms with Gasteiger partial charge in [0, 0.05) is 36.8 Å². The maximum absolute atomic E-state index is 11.8. The minimum atomic E-state index is 0.0584. The first-order chi connectivity index (χ1) is 10.3. The first-order valence-electron chi connectivity index (χ1n) is 7.33. The second-order valence-corrected chi connectivity index (χ2v) is 5.30. The van der Waals surface area contributed by atoms with Gasteiger partial charge < -0.3 is 9.84 Å². The van der Waals surface area contributed by atoms with Crippen molar-refractivity contribution in [2.45, 2.75) is 44.6 Å². The molecule has 1 amide bonds. The summed E-state index contributed by atoms with van der Waals surface area (Å²) in [6.07, 6.45) is 8.83. The van der Waals surface area contributed by atoms with E-state index in [1.54, 1.807) is 12.4 Å². The van der Waals surface area contributed by atoms with E-state index in [9.17, 15) is 4.79 Å². The number of carbonyl (C=O) groups excluding carboxylic acids is 1. The number of amides is 1. The molecule has 6 heteroatoms. The maximum Gasteiger partial charge on any atom is 0.227 e. The van der Waals surface area contributed by atoms with Crippen molar-refractivity contribution in [3.05, 3.63) is 30.4 Å². The molecule has 1 aliphatic rings. The Kier molecular flexibility index (Phi) is 4.23. The van der Waals surface area contributed by atoms with Crippen molar-refractivity contribution in [1.29, 1.82) is 0 Å². The summed E-state index contributed by atoms with van der Waals surface area (Å²) in [5.41, 5.74) is 0.808. The summed E-state index contributed by atoms with van der Waals surface area (Å²) in [5.74, 6) is 1.05. The normalized spacial score (nSPS) is 15.2. The lowest BCUT2D eigenvalue weighted by Gasteiger charge is -2.10. The minimum Gasteiger partial charge on any atom is -0.353 e. The topological polar surface area (TPSA) is 80.9 Å². The van der Waals surface area contributed by atoms with E-state index in [4.69, 9.17) is 4.52 Å². The van der Waals surface area contributed by atoms with Gasteiger partial charge in [0.1, 0.15) is 0 Å². The standard InChI is InChI=1S/C15H18N4O2/c20-13(17-12-5-1-2-6-12)7-8-14-18-15(19-21-14)11-4-3-9-16-10-11/h3-4,9-10,12H,1-2,5-8H2,(H,17,20). The van der Waals surface area contributed by atoms with Crippen molar-refractivity contribution in [3.63, 3.8) is 0 Å². The molecular weight excluding hydrogens is 268 g/mol. The second kappa shape index (κ2) is 6.47. The predicted molar refractivity (Wildman–Crippen MR) is 76.2 cm³/mol. The van der Waals surface area contributed by atoms with Gasteiger partial charge in [-0.25, -0.2) is 0 Å². The predicted octanol–water partition coefficient (Wildman–Crippen LogP) is 2.12. The number of rotatable bonds is 5. The molecule has 1 saturated carbocycles. The molecule has 1 fully saturated rings. The van der Waals surface area contributed by atoms with Crippen LogP contribution in [0, 0.1) is 0 Å². The third-order valence-electron chi connectivity index (χ3n) is 3.67. The average Bonchev–Trinajstić information content (AvgIpc) is 3.17. The van der Waals surface area contributed by atoms with Gasteiger partial charge in [-0.2, -0.15) is 4.98 Å². The second-order valence-electron chi connectivity index (χ2n) is 5.30. The lowest BCUT2D eigenvalue weighted by atomic mass is 10.2. The zero-order valence-corrected chi connectivity index (χ0v) is 11.8. The number of hydrogen-bond acceptors (Lipinski definition) is 5. The van der Waals surface area contributed by atoms with E-state index in [0.717, 1.165) is 18.4 Å². The number of nitrogens with one attached hydrogen (secondary N) is 1. The third kappa shape index (κ3) is 3.65. The molecule has 2 heterocycles. The van der Waals surface area contributed by atoms with Gasteiger partial charge in [0.15, 0.2) is 0 Å². The maximum atomic E-state index is 11.8. The molecule has 110 valence electrons. The van der Waals surface area contributed by atoms with Crippen molar-refractivity contribution in [3.8, 4) is 11.4 Å². The van der Waals surface area contributed by atoms with E-state index >= 15 is 0 Å². The van der Waals surface area contributed by atoms with Crippen LogP contribution >= 0.6 is 0 Å². The Labute approximate surface area is 123 Å². The number of carbonyl (C=O) groups is 1. The van der Waals surface area contributed by atoms with Crippen LogP contribution in [0.15, 0.2) is 29.0 Å². The quantitative estimate of drug-likeness (QED) is 0.910. The van der Waals surface area contributed by atoms with Gasteiger partial charge in [0.2, 0.25) is 17.6 Å². The van der Waals surface area contributed by atoms with Crippen LogP contribution in [-0.2, 0) is 11.2 Å². The van der Waals surface area contributed by atoms with Crippen molar-refractivity contribution in [2.24, 2.45) is 0 Å². The summed E-state index contributed by atoms with van der Waals surface area (Å²) in [6, 6.07) is 4.04. The number of hydrogen-bond donors (Lipinski definition) is 1. The Bertz CT molecular complexity index is 591. The van der Waals surface area contributed by atoms with Crippen LogP contribution in [0.4, 0.5) is 0 Å². The summed E-state index contributed by atoms with van der Waals surface area (Å²) in [5, 5.41) is 6.96. The van der Waals surface area contributed by atoms with E-state index in [-0.39, 0.29) is 5.91 Å². The Hall–Kier alpha value is -2.24. The molecule has 0 saturated heterocycles. The van der Waals surface area contributed by atoms with Crippen LogP contribution in [0.3, 0.4) is 0 Å². The van der Waals surface area contributed by atoms with E-state index in [2.05, 4.69) is 20.4 Å². The molecule has 0 spiro atoms. The first kappa shape index (κ1) is 13.7. The molecule has 0 aliphatic heterocycles. The first-order valence-corrected chi connectivity index (χ1v) is 7.33. The highest BCUT2D eigenvalue weighted by Gasteiger charge is 2.17. The van der Waals surface area contributed by atoms with Gasteiger partial charge in [-0.3, -0.25) is 9.78 Å². The smallest absolute Gasteiger partial charge is 0.227 e. The third-order valence-corrected chi connectivity index (χ3v) is 3.67. The van der Waals surface area contributed by atoms with Gasteiger partial charge in [-0.05, 0) is 25.0 Å². The molecule has 0 unspecified atom stereocenters. The Morgan fingerprint density at radius 3 is 3.00 bits per heavy atom. The van der Waals surface area contributed by atoms with Crippen LogP contribution in [0.2, 0.25) is 0 Å². The Morgan fingerprint density at radius 1 is 1.38 bits per heavy atom. The molecule has 6 nitrogen and oxygen atoms in total. The van der Waals surface area contributed by atoms with Crippen molar-refractivity contribution in [1.82, 2.24) is 20.4 Å². The van der Waals surface area contributed by atoms with E-state index in [1.807, 2.05) is 12.1 Å². The monoisotopic (exact) mass is 286 g/mol. The van der Waals surface area contributed by atoms with Gasteiger partial charge in [0.25, 0.3) is 0 Å². The molecule has 0 bridgehead atoms. The Morgan fingerprint density at radius 2 is 2.24 bits per heavy atom. The summed E-state index contributed by atoms with van der Waals surface area (Å²) in [4.78, 5) is 20.1. The van der Waals surface area contributed by atoms with Crippen LogP contribution in [0.25, 0.3) is 11.4 Å². The van der Waals surface area contributed by atoms with Crippen LogP contribution < -0.4 is 5.32 Å². The van der Waals surface area contributed by atoms with Crippen molar-refractivity contribution >= 4 is 5.91 Å². The molecule has 21 heavy (non-hydrogen) atoms. The molecule has 3 rings (SSSR count). The molecule has 1 aliphatic carbocycles. The zero-order valence-electron chi connectivity index (χ0n) is 11.8. The average molecular weight is 286 g/mol. The molecule has 0 aromatic carbocycles. The fraction of sp³-hybridized carbons (Fsp3) is 0.467. The van der Waals surface area contributed by atoms with Gasteiger partial charge in [-0.1, -0.05) is 18.0 Å². The molecule has 0 atom stereocenters. The number of pyridine rings is 1. The number of aryl methyl sites for hydroxylation is 1. The van der Waals surface area contributed by atoms with Crippen LogP contribution in [-0.4, -0.2) is 27.1 Å². The Balaban J connectivity index is 1.51. The summed E-state index contributed by atoms with van der Waals surface area (Å²) >= 11 is 0. The van der Waals surface area contributed by atoms with E-state index < -0.39 is 0 Å². The van der Waals surface area contributed by atoms with Crippen LogP contribution in [0.1, 0.15) is 38.0 Å². The lowest BCUT2D eigenvalue weighted by molar-refractivity contribution is -0.121. The highest BCUT2D eigenvalue weighted by Crippen LogP contribution is 2.18. The number of nitrogens with zero attached hydrogens (tertiary/aromatic N) is 3. The number of aromatic nitrogens is 3. The van der Waals surface area contributed by atoms with Gasteiger partial charge >= 0.3 is 0 Å². The largest absolute Gasteiger partial charge is 0.353 e. The SMILES string of the molecule is O=C(CCc1nc(-c2cccnc2)no1)NC1CCCC1. The molecule has 0 radical (unpaired) electrons. The van der Waals surface area contributed by atoms with Crippen LogP contribution in [0.5, 0.6) is 0 Å². The fourth-order valence-electron chi connectivity index (χ4n) is 2.56. The zero-order chi connectivity index (χ0) is 14.5. The lowest BCUT2D eigenvalue weighted by Crippen LogP contribution is -2.32. The molecule has 1 N–H and O–H groups in total. The van der Waals surface area contributed by atoms with E-state index in [1.165, 1.54) is 12.8 Å². The molecule has 2 aromatic rings. The fourth-order valence-corrected chi connectivity index (χ4v) is 2.56. The summed E-state index contributed by atoms with van der Waals surface area (Å²) in [6.45, 7) is 0. The van der Waals surface area contributed by atoms with Crippen molar-refractivity contribution in [2.75, 3.05) is 0 Å². The van der Waals surface area contributed by atoms with Gasteiger partial charge in [0.05, 0.1) is 0 Å². The molecule has 2 aromatic heterocycles. The highest BCUT2D eigenvalue weighted by atomic mass is 16.5. The van der Waals surface area contributed by atoms with Gasteiger partial charge in [-0.15, -0.1) is 0 Å². The minimum absolute atomic E-state index is 0.0584. The highest BCUT2D eigenvalue weighted by molar-refractivity contribution is 5.76. The summed E-state index contributed by atoms with van der Waals surface area (Å²) in [7, 11) is 0. The van der Waals surface area contributed by atoms with Crippen molar-refractivity contribution < 1.29 is 9.32 Å².